The Morgan fingerprint density at radius 1 is 1.07 bits per heavy atom. The van der Waals surface area contributed by atoms with E-state index in [0.29, 0.717) is 34.5 Å². The summed E-state index contributed by atoms with van der Waals surface area (Å²) in [5, 5.41) is 3.54. The number of ether oxygens (including phenoxy) is 3. The zero-order valence-corrected chi connectivity index (χ0v) is 18.6. The van der Waals surface area contributed by atoms with Crippen molar-refractivity contribution in [1.82, 2.24) is 4.90 Å². The molecule has 0 aliphatic heterocycles. The van der Waals surface area contributed by atoms with Gasteiger partial charge in [0.05, 0.1) is 33.1 Å². The van der Waals surface area contributed by atoms with E-state index in [0.717, 1.165) is 17.5 Å². The molecule has 7 heteroatoms. The van der Waals surface area contributed by atoms with E-state index in [9.17, 15) is 4.79 Å². The van der Waals surface area contributed by atoms with Gasteiger partial charge in [0.25, 0.3) is 0 Å². The molecule has 1 N–H and O–H groups in total. The lowest BCUT2D eigenvalue weighted by Crippen LogP contribution is -2.40. The van der Waals surface area contributed by atoms with E-state index in [1.807, 2.05) is 50.1 Å². The number of carbonyl (C=O) groups excluding carboxylic acids is 1. The number of amides is 1. The molecule has 0 bridgehead atoms. The molecule has 1 amide bonds. The average molecular weight is 421 g/mol. The van der Waals surface area contributed by atoms with Crippen LogP contribution >= 0.6 is 11.6 Å². The van der Waals surface area contributed by atoms with E-state index >= 15 is 0 Å². The summed E-state index contributed by atoms with van der Waals surface area (Å²) >= 11 is 6.14. The lowest BCUT2D eigenvalue weighted by molar-refractivity contribution is -0.120. The first-order chi connectivity index (χ1) is 13.8. The van der Waals surface area contributed by atoms with Gasteiger partial charge >= 0.3 is 0 Å². The van der Waals surface area contributed by atoms with E-state index in [2.05, 4.69) is 5.32 Å². The highest BCUT2D eigenvalue weighted by atomic mass is 35.5. The Kier molecular flexibility index (Phi) is 8.17. The Morgan fingerprint density at radius 2 is 1.72 bits per heavy atom. The van der Waals surface area contributed by atoms with Crippen LogP contribution in [0.5, 0.6) is 17.2 Å². The predicted octanol–water partition coefficient (Wildman–Crippen LogP) is 4.18. The number of benzene rings is 2. The highest BCUT2D eigenvalue weighted by Crippen LogP contribution is 2.31. The van der Waals surface area contributed by atoms with Crippen molar-refractivity contribution in [3.05, 3.63) is 46.5 Å². The van der Waals surface area contributed by atoms with Crippen molar-refractivity contribution < 1.29 is 19.0 Å². The quantitative estimate of drug-likeness (QED) is 0.659. The Bertz CT molecular complexity index is 857. The maximum Gasteiger partial charge on any atom is 0.241 e. The Morgan fingerprint density at radius 3 is 2.34 bits per heavy atom. The van der Waals surface area contributed by atoms with Crippen LogP contribution in [0.15, 0.2) is 30.3 Å². The van der Waals surface area contributed by atoms with Crippen LogP contribution in [0.3, 0.4) is 0 Å². The van der Waals surface area contributed by atoms with Gasteiger partial charge in [0.15, 0.2) is 11.5 Å². The van der Waals surface area contributed by atoms with Gasteiger partial charge in [-0.15, -0.1) is 0 Å². The van der Waals surface area contributed by atoms with Gasteiger partial charge in [-0.05, 0) is 56.6 Å². The first-order valence-electron chi connectivity index (χ1n) is 9.36. The molecule has 2 aromatic carbocycles. The molecule has 29 heavy (non-hydrogen) atoms. The first kappa shape index (κ1) is 22.8. The van der Waals surface area contributed by atoms with Gasteiger partial charge in [-0.25, -0.2) is 0 Å². The van der Waals surface area contributed by atoms with Gasteiger partial charge in [0.2, 0.25) is 5.91 Å². The maximum atomic E-state index is 12.7. The number of rotatable bonds is 9. The zero-order chi connectivity index (χ0) is 21.6. The second-order valence-electron chi connectivity index (χ2n) is 6.89. The average Bonchev–Trinajstić information content (AvgIpc) is 2.73. The molecule has 6 nitrogen and oxygen atoms in total. The molecule has 0 fully saturated rings. The standard InChI is InChI=1S/C22H29ClN2O4/c1-14-11-18(20(28-5)13-17(14)23)24-22(26)15(2)25(3)10-9-16-7-8-19(27-4)21(12-16)29-6/h7-8,11-13,15H,9-10H2,1-6H3,(H,24,26)/t15-/m0/s1. The normalized spacial score (nSPS) is 11.9. The fraction of sp³-hybridized carbons (Fsp3) is 0.409. The van der Waals surface area contributed by atoms with Crippen molar-refractivity contribution in [2.45, 2.75) is 26.3 Å². The molecular formula is C22H29ClN2O4. The molecule has 0 spiro atoms. The topological polar surface area (TPSA) is 60.0 Å². The van der Waals surface area contributed by atoms with E-state index in [4.69, 9.17) is 25.8 Å². The molecule has 0 radical (unpaired) electrons. The number of methoxy groups -OCH3 is 3. The monoisotopic (exact) mass is 420 g/mol. The van der Waals surface area contributed by atoms with Gasteiger partial charge in [-0.3, -0.25) is 9.69 Å². The third-order valence-corrected chi connectivity index (χ3v) is 5.39. The van der Waals surface area contributed by atoms with Gasteiger partial charge in [-0.2, -0.15) is 0 Å². The molecule has 1 atom stereocenters. The Balaban J connectivity index is 2.00. The molecule has 0 saturated heterocycles. The van der Waals surface area contributed by atoms with Crippen LogP contribution < -0.4 is 19.5 Å². The zero-order valence-electron chi connectivity index (χ0n) is 17.8. The van der Waals surface area contributed by atoms with Gasteiger partial charge in [-0.1, -0.05) is 17.7 Å². The number of halogens is 1. The van der Waals surface area contributed by atoms with Crippen molar-refractivity contribution in [2.24, 2.45) is 0 Å². The number of aryl methyl sites for hydroxylation is 1. The number of nitrogens with zero attached hydrogens (tertiary/aromatic N) is 1. The van der Waals surface area contributed by atoms with Crippen LogP contribution in [0, 0.1) is 6.92 Å². The lowest BCUT2D eigenvalue weighted by atomic mass is 10.1. The molecule has 0 aliphatic carbocycles. The summed E-state index contributed by atoms with van der Waals surface area (Å²) in [5.41, 5.74) is 2.59. The van der Waals surface area contributed by atoms with E-state index < -0.39 is 0 Å². The molecule has 0 heterocycles. The largest absolute Gasteiger partial charge is 0.495 e. The number of carbonyl (C=O) groups is 1. The minimum atomic E-state index is -0.323. The molecule has 2 rings (SSSR count). The van der Waals surface area contributed by atoms with E-state index in [1.54, 1.807) is 27.4 Å². The smallest absolute Gasteiger partial charge is 0.241 e. The molecule has 0 unspecified atom stereocenters. The van der Waals surface area contributed by atoms with Crippen LogP contribution in [-0.4, -0.2) is 51.8 Å². The van der Waals surface area contributed by atoms with Crippen molar-refractivity contribution in [1.29, 1.82) is 0 Å². The van der Waals surface area contributed by atoms with Crippen molar-refractivity contribution in [2.75, 3.05) is 40.2 Å². The van der Waals surface area contributed by atoms with E-state index in [-0.39, 0.29) is 11.9 Å². The van der Waals surface area contributed by atoms with Crippen LogP contribution in [0.25, 0.3) is 0 Å². The third-order valence-electron chi connectivity index (χ3n) is 4.98. The summed E-state index contributed by atoms with van der Waals surface area (Å²) in [5.74, 6) is 1.82. The highest BCUT2D eigenvalue weighted by Gasteiger charge is 2.20. The molecule has 0 aliphatic rings. The summed E-state index contributed by atoms with van der Waals surface area (Å²) in [6, 6.07) is 9.04. The Labute approximate surface area is 177 Å². The molecule has 158 valence electrons. The Hall–Kier alpha value is -2.44. The number of hydrogen-bond acceptors (Lipinski definition) is 5. The number of likely N-dealkylation sites (N-methyl/N-ethyl adjacent to an activating group) is 1. The van der Waals surface area contributed by atoms with Crippen LogP contribution in [0.2, 0.25) is 5.02 Å². The summed E-state index contributed by atoms with van der Waals surface area (Å²) in [6.07, 6.45) is 0.776. The predicted molar refractivity (Wildman–Crippen MR) is 117 cm³/mol. The molecule has 0 aromatic heterocycles. The summed E-state index contributed by atoms with van der Waals surface area (Å²) in [6.45, 7) is 4.47. The van der Waals surface area contributed by atoms with Crippen LogP contribution in [-0.2, 0) is 11.2 Å². The van der Waals surface area contributed by atoms with Crippen LogP contribution in [0.1, 0.15) is 18.1 Å². The molecule has 2 aromatic rings. The lowest BCUT2D eigenvalue weighted by Gasteiger charge is -2.24. The van der Waals surface area contributed by atoms with Gasteiger partial charge < -0.3 is 19.5 Å². The third kappa shape index (κ3) is 5.78. The number of hydrogen-bond donors (Lipinski definition) is 1. The minimum Gasteiger partial charge on any atom is -0.495 e. The van der Waals surface area contributed by atoms with Crippen LogP contribution in [0.4, 0.5) is 5.69 Å². The number of anilines is 1. The fourth-order valence-corrected chi connectivity index (χ4v) is 3.06. The molecule has 0 saturated carbocycles. The van der Waals surface area contributed by atoms with Crippen molar-refractivity contribution in [3.63, 3.8) is 0 Å². The van der Waals surface area contributed by atoms with Crippen molar-refractivity contribution in [3.8, 4) is 17.2 Å². The second-order valence-corrected chi connectivity index (χ2v) is 7.29. The summed E-state index contributed by atoms with van der Waals surface area (Å²) < 4.78 is 16.0. The van der Waals surface area contributed by atoms with E-state index in [1.165, 1.54) is 0 Å². The van der Waals surface area contributed by atoms with Crippen molar-refractivity contribution >= 4 is 23.2 Å². The fourth-order valence-electron chi connectivity index (χ4n) is 2.90. The highest BCUT2D eigenvalue weighted by molar-refractivity contribution is 6.31. The molecular weight excluding hydrogens is 392 g/mol. The maximum absolute atomic E-state index is 12.7. The second kappa shape index (κ2) is 10.4. The first-order valence-corrected chi connectivity index (χ1v) is 9.74. The summed E-state index contributed by atoms with van der Waals surface area (Å²) in [4.78, 5) is 14.7. The summed E-state index contributed by atoms with van der Waals surface area (Å²) in [7, 11) is 6.71. The minimum absolute atomic E-state index is 0.111. The number of nitrogens with one attached hydrogen (secondary N) is 1. The van der Waals surface area contributed by atoms with Gasteiger partial charge in [0.1, 0.15) is 5.75 Å². The SMILES string of the molecule is COc1cc(Cl)c(C)cc1NC(=O)[C@H](C)N(C)CCc1ccc(OC)c(OC)c1. The van der Waals surface area contributed by atoms with Gasteiger partial charge in [0, 0.05) is 17.6 Å².